The zero-order valence-electron chi connectivity index (χ0n) is 15.3. The van der Waals surface area contributed by atoms with E-state index in [0.717, 1.165) is 26.8 Å². The molecule has 0 aliphatic heterocycles. The molecule has 0 spiro atoms. The van der Waals surface area contributed by atoms with Gasteiger partial charge in [0, 0.05) is 25.8 Å². The predicted octanol–water partition coefficient (Wildman–Crippen LogP) is 1.94. The van der Waals surface area contributed by atoms with E-state index >= 15 is 0 Å². The van der Waals surface area contributed by atoms with Crippen molar-refractivity contribution in [2.24, 2.45) is 5.14 Å². The van der Waals surface area contributed by atoms with Gasteiger partial charge in [-0.2, -0.15) is 0 Å². The number of aryl methyl sites for hydroxylation is 1. The summed E-state index contributed by atoms with van der Waals surface area (Å²) in [4.78, 5) is 14.4. The van der Waals surface area contributed by atoms with Crippen LogP contribution in [0.5, 0.6) is 0 Å². The van der Waals surface area contributed by atoms with Crippen molar-refractivity contribution in [2.75, 3.05) is 18.5 Å². The number of hydrogen-bond donors (Lipinski definition) is 3. The maximum absolute atomic E-state index is 11.4. The molecular weight excluding hydrogens is 398 g/mol. The van der Waals surface area contributed by atoms with Crippen LogP contribution in [0.2, 0.25) is 0 Å². The van der Waals surface area contributed by atoms with Gasteiger partial charge in [0.05, 0.1) is 32.4 Å². The number of anilines is 1. The molecule has 0 unspecified atom stereocenters. The first-order valence-corrected chi connectivity index (χ1v) is 11.0. The van der Waals surface area contributed by atoms with Crippen LogP contribution in [0.15, 0.2) is 41.6 Å². The number of nitrogens with zero attached hydrogens (tertiary/aromatic N) is 3. The molecule has 0 atom stereocenters. The van der Waals surface area contributed by atoms with Crippen LogP contribution in [0.25, 0.3) is 10.4 Å². The second kappa shape index (κ2) is 8.74. The molecule has 4 N–H and O–H groups in total. The molecule has 0 saturated carbocycles. The van der Waals surface area contributed by atoms with E-state index in [1.54, 1.807) is 24.5 Å². The molecule has 1 aromatic carbocycles. The largest absolute Gasteiger partial charge is 0.396 e. The predicted molar refractivity (Wildman–Crippen MR) is 109 cm³/mol. The molecule has 0 aliphatic carbocycles. The van der Waals surface area contributed by atoms with Gasteiger partial charge in [-0.05, 0) is 31.0 Å². The summed E-state index contributed by atoms with van der Waals surface area (Å²) in [5.41, 5.74) is 2.55. The van der Waals surface area contributed by atoms with Gasteiger partial charge in [-0.25, -0.2) is 23.5 Å². The summed E-state index contributed by atoms with van der Waals surface area (Å²) in [5, 5.41) is 18.0. The third-order valence-corrected chi connectivity index (χ3v) is 6.08. The lowest BCUT2D eigenvalue weighted by molar-refractivity contribution is 0.292. The highest BCUT2D eigenvalue weighted by Crippen LogP contribution is 2.31. The van der Waals surface area contributed by atoms with Gasteiger partial charge in [-0.15, -0.1) is 11.3 Å². The molecule has 0 aliphatic rings. The summed E-state index contributed by atoms with van der Waals surface area (Å²) < 4.78 is 22.8. The molecule has 2 heterocycles. The Bertz CT molecular complexity index is 1050. The number of aliphatic hydroxyl groups excluding tert-OH is 1. The molecule has 8 nitrogen and oxygen atoms in total. The standard InChI is InChI=1S/C18H21N5O3S2/c1-12-18(13-3-5-15(6-4-13)28(19,25)26)27-17(22-12)9-14-10-20-11-16(23-14)21-7-2-8-24/h3-6,10-11,24H,2,7-9H2,1H3,(H,21,23)(H2,19,25,26). The third kappa shape index (κ3) is 5.10. The fraction of sp³-hybridized carbons (Fsp3) is 0.278. The number of aliphatic hydroxyl groups is 1. The van der Waals surface area contributed by atoms with Crippen LogP contribution in [0.1, 0.15) is 22.8 Å². The molecular formula is C18H21N5O3S2. The fourth-order valence-corrected chi connectivity index (χ4v) is 4.22. The van der Waals surface area contributed by atoms with Gasteiger partial charge in [0.25, 0.3) is 0 Å². The van der Waals surface area contributed by atoms with Crippen molar-refractivity contribution in [1.82, 2.24) is 15.0 Å². The van der Waals surface area contributed by atoms with Crippen LogP contribution in [-0.2, 0) is 16.4 Å². The van der Waals surface area contributed by atoms with Gasteiger partial charge < -0.3 is 10.4 Å². The van der Waals surface area contributed by atoms with Crippen LogP contribution in [0, 0.1) is 6.92 Å². The lowest BCUT2D eigenvalue weighted by Gasteiger charge is -2.05. The fourth-order valence-electron chi connectivity index (χ4n) is 2.62. The molecule has 10 heteroatoms. The Morgan fingerprint density at radius 1 is 1.18 bits per heavy atom. The van der Waals surface area contributed by atoms with Crippen LogP contribution in [0.4, 0.5) is 5.82 Å². The molecule has 3 rings (SSSR count). The van der Waals surface area contributed by atoms with E-state index in [9.17, 15) is 8.42 Å². The molecule has 3 aromatic rings. The molecule has 0 radical (unpaired) electrons. The van der Waals surface area contributed by atoms with E-state index in [2.05, 4.69) is 20.3 Å². The van der Waals surface area contributed by atoms with E-state index in [-0.39, 0.29) is 11.5 Å². The monoisotopic (exact) mass is 419 g/mol. The van der Waals surface area contributed by atoms with Gasteiger partial charge >= 0.3 is 0 Å². The number of rotatable bonds is 8. The lowest BCUT2D eigenvalue weighted by Crippen LogP contribution is -2.11. The number of thiazole rings is 1. The second-order valence-corrected chi connectivity index (χ2v) is 8.81. The van der Waals surface area contributed by atoms with E-state index in [1.165, 1.54) is 23.5 Å². The maximum Gasteiger partial charge on any atom is 0.238 e. The van der Waals surface area contributed by atoms with Crippen molar-refractivity contribution < 1.29 is 13.5 Å². The summed E-state index contributed by atoms with van der Waals surface area (Å²) in [6.07, 6.45) is 4.54. The Morgan fingerprint density at radius 2 is 1.93 bits per heavy atom. The minimum atomic E-state index is -3.71. The Labute approximate surface area is 167 Å². The molecule has 0 saturated heterocycles. The third-order valence-electron chi connectivity index (χ3n) is 3.94. The van der Waals surface area contributed by atoms with Crippen LogP contribution in [0.3, 0.4) is 0 Å². The number of nitrogens with one attached hydrogen (secondary N) is 1. The lowest BCUT2D eigenvalue weighted by atomic mass is 10.2. The Balaban J connectivity index is 1.76. The molecule has 0 bridgehead atoms. The van der Waals surface area contributed by atoms with Crippen molar-refractivity contribution in [3.8, 4) is 10.4 Å². The van der Waals surface area contributed by atoms with Crippen molar-refractivity contribution in [3.05, 3.63) is 53.1 Å². The van der Waals surface area contributed by atoms with E-state index < -0.39 is 10.0 Å². The molecule has 0 fully saturated rings. The zero-order valence-corrected chi connectivity index (χ0v) is 16.9. The molecule has 2 aromatic heterocycles. The first kappa shape index (κ1) is 20.3. The number of aromatic nitrogens is 3. The van der Waals surface area contributed by atoms with E-state index in [1.807, 2.05) is 6.92 Å². The van der Waals surface area contributed by atoms with Crippen molar-refractivity contribution in [3.63, 3.8) is 0 Å². The summed E-state index contributed by atoms with van der Waals surface area (Å²) in [6, 6.07) is 6.46. The van der Waals surface area contributed by atoms with Crippen LogP contribution < -0.4 is 10.5 Å². The first-order chi connectivity index (χ1) is 13.4. The van der Waals surface area contributed by atoms with Crippen molar-refractivity contribution >= 4 is 27.2 Å². The topological polar surface area (TPSA) is 131 Å². The number of benzene rings is 1. The number of sulfonamides is 1. The van der Waals surface area contributed by atoms with Gasteiger partial charge in [0.1, 0.15) is 5.82 Å². The minimum absolute atomic E-state index is 0.0828. The highest BCUT2D eigenvalue weighted by atomic mass is 32.2. The summed E-state index contributed by atoms with van der Waals surface area (Å²) >= 11 is 1.54. The van der Waals surface area contributed by atoms with E-state index in [4.69, 9.17) is 10.2 Å². The number of primary sulfonamides is 1. The number of hydrogen-bond acceptors (Lipinski definition) is 8. The molecule has 148 valence electrons. The average molecular weight is 420 g/mol. The van der Waals surface area contributed by atoms with Crippen LogP contribution >= 0.6 is 11.3 Å². The number of nitrogens with two attached hydrogens (primary N) is 1. The van der Waals surface area contributed by atoms with Crippen molar-refractivity contribution in [2.45, 2.75) is 24.7 Å². The SMILES string of the molecule is Cc1nc(Cc2cncc(NCCCO)n2)sc1-c1ccc(S(N)(=O)=O)cc1. The quantitative estimate of drug-likeness (QED) is 0.476. The second-order valence-electron chi connectivity index (χ2n) is 6.17. The van der Waals surface area contributed by atoms with E-state index in [0.29, 0.717) is 25.2 Å². The Hall–Kier alpha value is -2.40. The first-order valence-electron chi connectivity index (χ1n) is 8.62. The minimum Gasteiger partial charge on any atom is -0.396 e. The average Bonchev–Trinajstić information content (AvgIpc) is 3.02. The maximum atomic E-state index is 11.4. The van der Waals surface area contributed by atoms with Crippen molar-refractivity contribution in [1.29, 1.82) is 0 Å². The highest BCUT2D eigenvalue weighted by Gasteiger charge is 2.13. The van der Waals surface area contributed by atoms with Gasteiger partial charge in [-0.3, -0.25) is 4.98 Å². The normalized spacial score (nSPS) is 11.5. The van der Waals surface area contributed by atoms with Gasteiger partial charge in [0.15, 0.2) is 0 Å². The smallest absolute Gasteiger partial charge is 0.238 e. The Morgan fingerprint density at radius 3 is 2.61 bits per heavy atom. The van der Waals surface area contributed by atoms with Gasteiger partial charge in [-0.1, -0.05) is 12.1 Å². The molecule has 0 amide bonds. The zero-order chi connectivity index (χ0) is 20.1. The summed E-state index contributed by atoms with van der Waals surface area (Å²) in [7, 11) is -3.71. The molecule has 28 heavy (non-hydrogen) atoms. The van der Waals surface area contributed by atoms with Crippen LogP contribution in [-0.4, -0.2) is 41.6 Å². The Kier molecular flexibility index (Phi) is 6.35. The summed E-state index contributed by atoms with van der Waals surface area (Å²) in [5.74, 6) is 0.665. The summed E-state index contributed by atoms with van der Waals surface area (Å²) in [6.45, 7) is 2.67. The highest BCUT2D eigenvalue weighted by molar-refractivity contribution is 7.89. The van der Waals surface area contributed by atoms with Gasteiger partial charge in [0.2, 0.25) is 10.0 Å².